The number of urea groups is 1. The third-order valence-corrected chi connectivity index (χ3v) is 5.48. The largest absolute Gasteiger partial charge is 0.492 e. The molecule has 2 N–H and O–H groups in total. The Morgan fingerprint density at radius 2 is 1.67 bits per heavy atom. The third kappa shape index (κ3) is 11.1. The molecule has 2 aromatic carbocycles. The van der Waals surface area contributed by atoms with Crippen LogP contribution in [-0.2, 0) is 22.4 Å². The zero-order chi connectivity index (χ0) is 26.6. The highest BCUT2D eigenvalue weighted by Crippen LogP contribution is 2.15. The molecule has 0 heterocycles. The van der Waals surface area contributed by atoms with E-state index in [1.165, 1.54) is 12.1 Å². The number of ether oxygens (including phenoxy) is 2. The van der Waals surface area contributed by atoms with E-state index in [1.54, 1.807) is 36.1 Å². The van der Waals surface area contributed by atoms with Crippen molar-refractivity contribution in [1.29, 1.82) is 0 Å². The second-order valence-corrected chi connectivity index (χ2v) is 9.92. The van der Waals surface area contributed by atoms with Gasteiger partial charge in [0.15, 0.2) is 6.10 Å². The Morgan fingerprint density at radius 1 is 1.03 bits per heavy atom. The molecule has 36 heavy (non-hydrogen) atoms. The van der Waals surface area contributed by atoms with Crippen LogP contribution in [0.1, 0.15) is 45.2 Å². The van der Waals surface area contributed by atoms with Crippen molar-refractivity contribution in [3.05, 3.63) is 65.5 Å². The van der Waals surface area contributed by atoms with Crippen molar-refractivity contribution in [1.82, 2.24) is 10.2 Å². The van der Waals surface area contributed by atoms with Crippen LogP contribution in [0.2, 0.25) is 0 Å². The normalized spacial score (nSPS) is 12.1. The fourth-order valence-corrected chi connectivity index (χ4v) is 3.52. The maximum Gasteiger partial charge on any atom is 0.333 e. The van der Waals surface area contributed by atoms with Gasteiger partial charge in [0, 0.05) is 26.1 Å². The Hall–Kier alpha value is -3.13. The van der Waals surface area contributed by atoms with Crippen LogP contribution in [0.5, 0.6) is 5.75 Å². The minimum Gasteiger partial charge on any atom is -0.492 e. The van der Waals surface area contributed by atoms with E-state index in [4.69, 9.17) is 9.47 Å². The molecule has 0 saturated heterocycles. The lowest BCUT2D eigenvalue weighted by Crippen LogP contribution is -2.45. The van der Waals surface area contributed by atoms with Gasteiger partial charge in [0.1, 0.15) is 18.2 Å². The monoisotopic (exact) mass is 502 g/mol. The van der Waals surface area contributed by atoms with Crippen LogP contribution < -0.4 is 10.1 Å². The van der Waals surface area contributed by atoms with Crippen molar-refractivity contribution in [3.63, 3.8) is 0 Å². The number of nitrogens with one attached hydrogen (secondary N) is 1. The number of hydrogen-bond acceptors (Lipinski definition) is 4. The fourth-order valence-electron chi connectivity index (χ4n) is 3.52. The predicted molar refractivity (Wildman–Crippen MR) is 138 cm³/mol. The van der Waals surface area contributed by atoms with Crippen LogP contribution in [0.15, 0.2) is 48.5 Å². The number of carboxylic acids is 1. The van der Waals surface area contributed by atoms with E-state index in [0.717, 1.165) is 24.0 Å². The third-order valence-electron chi connectivity index (χ3n) is 5.48. The Bertz CT molecular complexity index is 942. The summed E-state index contributed by atoms with van der Waals surface area (Å²) in [7, 11) is 0. The molecule has 2 amide bonds. The fraction of sp³-hybridized carbons (Fsp3) is 0.500. The number of hydrogen-bond donors (Lipinski definition) is 2. The highest BCUT2D eigenvalue weighted by Gasteiger charge is 2.19. The van der Waals surface area contributed by atoms with Crippen molar-refractivity contribution < 1.29 is 28.6 Å². The van der Waals surface area contributed by atoms with Gasteiger partial charge in [-0.2, -0.15) is 0 Å². The Kier molecular flexibility index (Phi) is 11.7. The topological polar surface area (TPSA) is 88.1 Å². The highest BCUT2D eigenvalue weighted by atomic mass is 19.1. The van der Waals surface area contributed by atoms with E-state index in [1.807, 2.05) is 12.1 Å². The van der Waals surface area contributed by atoms with E-state index >= 15 is 0 Å². The first-order chi connectivity index (χ1) is 17.1. The summed E-state index contributed by atoms with van der Waals surface area (Å²) in [6.07, 6.45) is 0.884. The number of carboxylic acid groups (broad SMARTS) is 1. The van der Waals surface area contributed by atoms with Gasteiger partial charge in [0.05, 0.1) is 6.54 Å². The number of aliphatic carboxylic acids is 1. The summed E-state index contributed by atoms with van der Waals surface area (Å²) < 4.78 is 24.3. The molecule has 0 saturated carbocycles. The lowest BCUT2D eigenvalue weighted by atomic mass is 9.97. The summed E-state index contributed by atoms with van der Waals surface area (Å²) in [5, 5.41) is 12.2. The molecule has 0 aliphatic carbocycles. The Balaban J connectivity index is 1.89. The van der Waals surface area contributed by atoms with Crippen molar-refractivity contribution in [2.75, 3.05) is 32.8 Å². The highest BCUT2D eigenvalue weighted by molar-refractivity contribution is 5.74. The van der Waals surface area contributed by atoms with Gasteiger partial charge in [0.2, 0.25) is 0 Å². The van der Waals surface area contributed by atoms with Crippen molar-refractivity contribution in [2.24, 2.45) is 5.41 Å². The molecule has 7 nitrogen and oxygen atoms in total. The van der Waals surface area contributed by atoms with Crippen LogP contribution in [0.3, 0.4) is 0 Å². The van der Waals surface area contributed by atoms with E-state index < -0.39 is 12.1 Å². The molecule has 0 radical (unpaired) electrons. The SMILES string of the molecule is CCOC(Cc1ccc(OCCN(CCCc2ccc(F)cc2)C(=O)NCC(C)(C)C)cc1)C(=O)O. The molecule has 8 heteroatoms. The van der Waals surface area contributed by atoms with Gasteiger partial charge in [0.25, 0.3) is 0 Å². The quantitative estimate of drug-likeness (QED) is 0.383. The van der Waals surface area contributed by atoms with Gasteiger partial charge in [-0.1, -0.05) is 45.0 Å². The van der Waals surface area contributed by atoms with Gasteiger partial charge in [-0.3, -0.25) is 0 Å². The van der Waals surface area contributed by atoms with Crippen LogP contribution in [0.4, 0.5) is 9.18 Å². The van der Waals surface area contributed by atoms with Gasteiger partial charge >= 0.3 is 12.0 Å². The summed E-state index contributed by atoms with van der Waals surface area (Å²) in [6.45, 7) is 10.1. The molecule has 1 unspecified atom stereocenters. The second-order valence-electron chi connectivity index (χ2n) is 9.92. The van der Waals surface area contributed by atoms with E-state index in [2.05, 4.69) is 26.1 Å². The van der Waals surface area contributed by atoms with Crippen LogP contribution in [0.25, 0.3) is 0 Å². The van der Waals surface area contributed by atoms with Gasteiger partial charge in [-0.05, 0) is 60.6 Å². The van der Waals surface area contributed by atoms with Crippen LogP contribution >= 0.6 is 0 Å². The first-order valence-electron chi connectivity index (χ1n) is 12.4. The number of carbonyl (C=O) groups is 2. The maximum absolute atomic E-state index is 13.1. The molecule has 0 aliphatic rings. The lowest BCUT2D eigenvalue weighted by molar-refractivity contribution is -0.149. The standard InChI is InChI=1S/C28H39FN2O5/c1-5-35-25(26(32)33)19-22-10-14-24(15-11-22)36-18-17-31(27(34)30-20-28(2,3)4)16-6-7-21-8-12-23(29)13-9-21/h8-15,25H,5-7,16-20H2,1-4H3,(H,30,34)(H,32,33). The summed E-state index contributed by atoms with van der Waals surface area (Å²) in [6, 6.07) is 13.5. The zero-order valence-corrected chi connectivity index (χ0v) is 21.8. The minimum absolute atomic E-state index is 0.0322. The van der Waals surface area contributed by atoms with Crippen molar-refractivity contribution in [2.45, 2.75) is 53.1 Å². The first kappa shape index (κ1) is 29.1. The van der Waals surface area contributed by atoms with Gasteiger partial charge in [-0.25, -0.2) is 14.0 Å². The first-order valence-corrected chi connectivity index (χ1v) is 12.4. The summed E-state index contributed by atoms with van der Waals surface area (Å²) in [5.74, 6) is -0.604. The lowest BCUT2D eigenvalue weighted by Gasteiger charge is -2.26. The zero-order valence-electron chi connectivity index (χ0n) is 21.8. The predicted octanol–water partition coefficient (Wildman–Crippen LogP) is 4.93. The van der Waals surface area contributed by atoms with Gasteiger partial charge < -0.3 is 24.8 Å². The molecule has 2 aromatic rings. The number of amides is 2. The molecule has 0 bridgehead atoms. The number of carbonyl (C=O) groups excluding carboxylic acids is 1. The van der Waals surface area contributed by atoms with E-state index in [0.29, 0.717) is 38.6 Å². The van der Waals surface area contributed by atoms with Crippen LogP contribution in [-0.4, -0.2) is 61.0 Å². The van der Waals surface area contributed by atoms with Crippen molar-refractivity contribution >= 4 is 12.0 Å². The summed E-state index contributed by atoms with van der Waals surface area (Å²) in [4.78, 5) is 25.9. The molecular formula is C28H39FN2O5. The molecule has 0 aromatic heterocycles. The average Bonchev–Trinajstić information content (AvgIpc) is 2.83. The molecule has 0 spiro atoms. The molecule has 1 atom stereocenters. The molecule has 198 valence electrons. The number of aryl methyl sites for hydroxylation is 1. The molecular weight excluding hydrogens is 463 g/mol. The smallest absolute Gasteiger partial charge is 0.333 e. The number of halogens is 1. The summed E-state index contributed by atoms with van der Waals surface area (Å²) >= 11 is 0. The van der Waals surface area contributed by atoms with E-state index in [-0.39, 0.29) is 23.7 Å². The van der Waals surface area contributed by atoms with E-state index in [9.17, 15) is 19.1 Å². The second kappa shape index (κ2) is 14.4. The number of benzene rings is 2. The number of nitrogens with zero attached hydrogens (tertiary/aromatic N) is 1. The Morgan fingerprint density at radius 3 is 2.25 bits per heavy atom. The maximum atomic E-state index is 13.1. The number of rotatable bonds is 14. The summed E-state index contributed by atoms with van der Waals surface area (Å²) in [5.41, 5.74) is 1.83. The Labute approximate surface area is 213 Å². The average molecular weight is 503 g/mol. The molecule has 0 fully saturated rings. The van der Waals surface area contributed by atoms with Gasteiger partial charge in [-0.15, -0.1) is 0 Å². The van der Waals surface area contributed by atoms with Crippen molar-refractivity contribution in [3.8, 4) is 5.75 Å². The molecule has 2 rings (SSSR count). The van der Waals surface area contributed by atoms with Crippen LogP contribution in [0, 0.1) is 11.2 Å². The molecule has 0 aliphatic heterocycles. The minimum atomic E-state index is -0.985.